The second-order valence-corrected chi connectivity index (χ2v) is 9.00. The molecule has 1 saturated heterocycles. The summed E-state index contributed by atoms with van der Waals surface area (Å²) >= 11 is 0. The number of fused-ring (bicyclic) bond motifs is 1. The largest absolute Gasteiger partial charge is 0.370 e. The van der Waals surface area contributed by atoms with Gasteiger partial charge < -0.3 is 15.2 Å². The van der Waals surface area contributed by atoms with E-state index < -0.39 is 0 Å². The van der Waals surface area contributed by atoms with Crippen LogP contribution >= 0.6 is 0 Å². The molecule has 1 amide bonds. The van der Waals surface area contributed by atoms with Gasteiger partial charge >= 0.3 is 0 Å². The maximum atomic E-state index is 13.4. The highest BCUT2D eigenvalue weighted by atomic mass is 19.1. The Morgan fingerprint density at radius 2 is 1.79 bits per heavy atom. The summed E-state index contributed by atoms with van der Waals surface area (Å²) in [6.45, 7) is 3.36. The fourth-order valence-corrected chi connectivity index (χ4v) is 5.18. The van der Waals surface area contributed by atoms with E-state index in [1.807, 2.05) is 0 Å². The summed E-state index contributed by atoms with van der Waals surface area (Å²) in [5, 5.41) is 5.20. The number of primary amides is 1. The number of hydrogen-bond donors (Lipinski definition) is 1. The van der Waals surface area contributed by atoms with Crippen LogP contribution in [0.15, 0.2) is 22.7 Å². The van der Waals surface area contributed by atoms with E-state index in [1.165, 1.54) is 50.8 Å². The van der Waals surface area contributed by atoms with Gasteiger partial charge in [-0.1, -0.05) is 30.8 Å². The van der Waals surface area contributed by atoms with Crippen molar-refractivity contribution in [3.63, 3.8) is 0 Å². The van der Waals surface area contributed by atoms with Gasteiger partial charge in [-0.15, -0.1) is 0 Å². The summed E-state index contributed by atoms with van der Waals surface area (Å²) in [6.07, 6.45) is 10.0. The van der Waals surface area contributed by atoms with Crippen LogP contribution in [-0.2, 0) is 4.79 Å². The van der Waals surface area contributed by atoms with Crippen LogP contribution in [0.2, 0.25) is 0 Å². The molecule has 0 radical (unpaired) electrons. The molecule has 0 atom stereocenters. The Morgan fingerprint density at radius 1 is 1.10 bits per heavy atom. The van der Waals surface area contributed by atoms with Crippen molar-refractivity contribution < 1.29 is 13.7 Å². The first kappa shape index (κ1) is 20.3. The van der Waals surface area contributed by atoms with E-state index in [0.29, 0.717) is 23.8 Å². The molecule has 1 aliphatic carbocycles. The second-order valence-electron chi connectivity index (χ2n) is 9.00. The van der Waals surface area contributed by atoms with Gasteiger partial charge in [0.05, 0.1) is 5.69 Å². The summed E-state index contributed by atoms with van der Waals surface area (Å²) in [5.41, 5.74) is 6.82. The SMILES string of the molecule is NC(=O)CCC1CCC(CCN2CCC(c3noc4cc(F)ccc34)CC2)CC1. The zero-order chi connectivity index (χ0) is 20.2. The Labute approximate surface area is 171 Å². The van der Waals surface area contributed by atoms with Crippen molar-refractivity contribution in [3.8, 4) is 0 Å². The van der Waals surface area contributed by atoms with E-state index in [0.717, 1.165) is 49.4 Å². The van der Waals surface area contributed by atoms with Gasteiger partial charge in [0.1, 0.15) is 5.82 Å². The van der Waals surface area contributed by atoms with Crippen LogP contribution in [0.5, 0.6) is 0 Å². The van der Waals surface area contributed by atoms with Crippen molar-refractivity contribution in [3.05, 3.63) is 29.7 Å². The predicted octanol–water partition coefficient (Wildman–Crippen LogP) is 4.61. The number of rotatable bonds is 7. The van der Waals surface area contributed by atoms with Crippen LogP contribution in [0.4, 0.5) is 4.39 Å². The van der Waals surface area contributed by atoms with Crippen molar-refractivity contribution in [2.24, 2.45) is 17.6 Å². The molecule has 2 aromatic rings. The van der Waals surface area contributed by atoms with Crippen LogP contribution < -0.4 is 5.73 Å². The lowest BCUT2D eigenvalue weighted by Crippen LogP contribution is -2.35. The summed E-state index contributed by atoms with van der Waals surface area (Å²) < 4.78 is 18.7. The molecule has 0 bridgehead atoms. The molecule has 0 spiro atoms. The van der Waals surface area contributed by atoms with Gasteiger partial charge in [-0.2, -0.15) is 0 Å². The van der Waals surface area contributed by atoms with E-state index >= 15 is 0 Å². The molecule has 1 aromatic heterocycles. The minimum Gasteiger partial charge on any atom is -0.370 e. The summed E-state index contributed by atoms with van der Waals surface area (Å²) in [5.74, 6) is 1.48. The lowest BCUT2D eigenvalue weighted by atomic mass is 9.78. The number of aromatic nitrogens is 1. The third-order valence-electron chi connectivity index (χ3n) is 7.06. The first-order chi connectivity index (χ1) is 14.1. The number of likely N-dealkylation sites (tertiary alicyclic amines) is 1. The van der Waals surface area contributed by atoms with Crippen LogP contribution in [0, 0.1) is 17.7 Å². The maximum Gasteiger partial charge on any atom is 0.217 e. The van der Waals surface area contributed by atoms with Crippen LogP contribution in [-0.4, -0.2) is 35.6 Å². The van der Waals surface area contributed by atoms with Gasteiger partial charge in [0.25, 0.3) is 0 Å². The lowest BCUT2D eigenvalue weighted by molar-refractivity contribution is -0.118. The van der Waals surface area contributed by atoms with Crippen molar-refractivity contribution in [2.45, 2.75) is 63.7 Å². The number of halogens is 1. The summed E-state index contributed by atoms with van der Waals surface area (Å²) in [6, 6.07) is 4.70. The predicted molar refractivity (Wildman–Crippen MR) is 111 cm³/mol. The molecule has 29 heavy (non-hydrogen) atoms. The summed E-state index contributed by atoms with van der Waals surface area (Å²) in [7, 11) is 0. The molecule has 4 rings (SSSR count). The monoisotopic (exact) mass is 401 g/mol. The number of piperidine rings is 1. The van der Waals surface area contributed by atoms with Crippen molar-refractivity contribution in [1.29, 1.82) is 0 Å². The van der Waals surface area contributed by atoms with E-state index in [9.17, 15) is 9.18 Å². The first-order valence-electron chi connectivity index (χ1n) is 11.1. The Balaban J connectivity index is 1.19. The highest BCUT2D eigenvalue weighted by molar-refractivity contribution is 5.79. The third-order valence-corrected chi connectivity index (χ3v) is 7.06. The Kier molecular flexibility index (Phi) is 6.48. The highest BCUT2D eigenvalue weighted by Gasteiger charge is 2.26. The first-order valence-corrected chi connectivity index (χ1v) is 11.1. The molecule has 1 aromatic carbocycles. The summed E-state index contributed by atoms with van der Waals surface area (Å²) in [4.78, 5) is 13.5. The van der Waals surface area contributed by atoms with Crippen LogP contribution in [0.25, 0.3) is 11.0 Å². The van der Waals surface area contributed by atoms with E-state index in [2.05, 4.69) is 10.1 Å². The molecule has 1 aliphatic heterocycles. The normalized spacial score (nSPS) is 24.2. The third kappa shape index (κ3) is 5.16. The van der Waals surface area contributed by atoms with E-state index in [4.69, 9.17) is 10.3 Å². The van der Waals surface area contributed by atoms with Crippen LogP contribution in [0.3, 0.4) is 0 Å². The number of carbonyl (C=O) groups excluding carboxylic acids is 1. The van der Waals surface area contributed by atoms with Gasteiger partial charge in [-0.05, 0) is 69.3 Å². The maximum absolute atomic E-state index is 13.4. The zero-order valence-corrected chi connectivity index (χ0v) is 17.1. The number of nitrogens with zero attached hydrogens (tertiary/aromatic N) is 2. The Hall–Kier alpha value is -1.95. The molecule has 2 aliphatic rings. The molecule has 2 fully saturated rings. The topological polar surface area (TPSA) is 72.4 Å². The number of amides is 1. The number of benzene rings is 1. The molecule has 2 N–H and O–H groups in total. The van der Waals surface area contributed by atoms with Crippen molar-refractivity contribution in [2.75, 3.05) is 19.6 Å². The molecular formula is C23H32FN3O2. The van der Waals surface area contributed by atoms with Gasteiger partial charge in [-0.3, -0.25) is 4.79 Å². The van der Waals surface area contributed by atoms with Gasteiger partial charge in [0.2, 0.25) is 5.91 Å². The Bertz CT molecular complexity index is 821. The molecule has 158 valence electrons. The second kappa shape index (κ2) is 9.24. The number of carbonyl (C=O) groups is 1. The quantitative estimate of drug-likeness (QED) is 0.735. The van der Waals surface area contributed by atoms with Gasteiger partial charge in [0.15, 0.2) is 5.58 Å². The van der Waals surface area contributed by atoms with E-state index in [1.54, 1.807) is 6.07 Å². The van der Waals surface area contributed by atoms with E-state index in [-0.39, 0.29) is 11.7 Å². The van der Waals surface area contributed by atoms with Gasteiger partial charge in [-0.25, -0.2) is 4.39 Å². The molecule has 0 unspecified atom stereocenters. The number of hydrogen-bond acceptors (Lipinski definition) is 4. The molecular weight excluding hydrogens is 369 g/mol. The van der Waals surface area contributed by atoms with Crippen LogP contribution in [0.1, 0.15) is 69.4 Å². The average Bonchev–Trinajstić information content (AvgIpc) is 3.15. The van der Waals surface area contributed by atoms with Crippen molar-refractivity contribution in [1.82, 2.24) is 10.1 Å². The molecule has 2 heterocycles. The molecule has 6 heteroatoms. The smallest absolute Gasteiger partial charge is 0.217 e. The average molecular weight is 402 g/mol. The molecule has 5 nitrogen and oxygen atoms in total. The fourth-order valence-electron chi connectivity index (χ4n) is 5.18. The number of nitrogens with two attached hydrogens (primary N) is 1. The Morgan fingerprint density at radius 3 is 2.48 bits per heavy atom. The zero-order valence-electron chi connectivity index (χ0n) is 17.1. The molecule has 1 saturated carbocycles. The van der Waals surface area contributed by atoms with Crippen molar-refractivity contribution >= 4 is 16.9 Å². The van der Waals surface area contributed by atoms with Gasteiger partial charge in [0, 0.05) is 23.8 Å². The standard InChI is InChI=1S/C23H32FN3O2/c24-19-6-7-20-21(15-19)29-26-23(20)18-10-13-27(14-11-18)12-9-17-3-1-16(2-4-17)5-8-22(25)28/h6-7,15-18H,1-5,8-14H2,(H2,25,28). The minimum absolute atomic E-state index is 0.165. The fraction of sp³-hybridized carbons (Fsp3) is 0.652. The highest BCUT2D eigenvalue weighted by Crippen LogP contribution is 2.35. The minimum atomic E-state index is -0.281. The lowest BCUT2D eigenvalue weighted by Gasteiger charge is -2.34.